The van der Waals surface area contributed by atoms with Gasteiger partial charge < -0.3 is 10.6 Å². The molecule has 0 spiro atoms. The van der Waals surface area contributed by atoms with Crippen LogP contribution in [0.4, 0.5) is 0 Å². The van der Waals surface area contributed by atoms with Crippen LogP contribution in [0.15, 0.2) is 0 Å². The van der Waals surface area contributed by atoms with Gasteiger partial charge in [0.15, 0.2) is 19.7 Å². The van der Waals surface area contributed by atoms with Crippen molar-refractivity contribution in [3.8, 4) is 0 Å². The van der Waals surface area contributed by atoms with Crippen LogP contribution in [0.5, 0.6) is 0 Å². The molecule has 0 radical (unpaired) electrons. The second-order valence-corrected chi connectivity index (χ2v) is 13.4. The minimum absolute atomic E-state index is 0.0166. The number of sulfone groups is 2. The summed E-state index contributed by atoms with van der Waals surface area (Å²) >= 11 is 0. The van der Waals surface area contributed by atoms with Gasteiger partial charge in [0.25, 0.3) is 0 Å². The fraction of sp³-hybridized carbons (Fsp3) is 0.882. The van der Waals surface area contributed by atoms with E-state index in [9.17, 15) is 26.4 Å². The molecule has 2 heterocycles. The Morgan fingerprint density at radius 3 is 1.54 bits per heavy atom. The van der Waals surface area contributed by atoms with Crippen molar-refractivity contribution >= 4 is 31.5 Å². The lowest BCUT2D eigenvalue weighted by Gasteiger charge is -2.29. The van der Waals surface area contributed by atoms with Crippen LogP contribution in [0.2, 0.25) is 0 Å². The monoisotopic (exact) mass is 435 g/mol. The SMILES string of the molecule is CC1(NC(=O)CN(CC(=O)NC2(C)CCS(=O)(=O)C2)C2CC2)CCS(=O)(=O)C1. The lowest BCUT2D eigenvalue weighted by atomic mass is 10.0. The Balaban J connectivity index is 1.54. The van der Waals surface area contributed by atoms with Gasteiger partial charge in [0.05, 0.1) is 47.2 Å². The normalized spacial score (nSPS) is 33.7. The lowest BCUT2D eigenvalue weighted by Crippen LogP contribution is -2.53. The number of nitrogens with zero attached hydrogens (tertiary/aromatic N) is 1. The van der Waals surface area contributed by atoms with Gasteiger partial charge >= 0.3 is 0 Å². The van der Waals surface area contributed by atoms with Crippen LogP contribution >= 0.6 is 0 Å². The minimum atomic E-state index is -3.12. The molecule has 28 heavy (non-hydrogen) atoms. The second kappa shape index (κ2) is 7.24. The summed E-state index contributed by atoms with van der Waals surface area (Å²) in [6.45, 7) is 3.49. The molecule has 2 saturated heterocycles. The van der Waals surface area contributed by atoms with Gasteiger partial charge in [-0.2, -0.15) is 0 Å². The second-order valence-electron chi connectivity index (χ2n) is 9.04. The first kappa shape index (κ1) is 21.5. The predicted molar refractivity (Wildman–Crippen MR) is 104 cm³/mol. The summed E-state index contributed by atoms with van der Waals surface area (Å²) in [4.78, 5) is 26.7. The Kier molecular flexibility index (Phi) is 5.56. The van der Waals surface area contributed by atoms with Crippen LogP contribution in [0, 0.1) is 0 Å². The molecule has 9 nitrogen and oxygen atoms in total. The van der Waals surface area contributed by atoms with E-state index in [2.05, 4.69) is 10.6 Å². The van der Waals surface area contributed by atoms with Crippen molar-refractivity contribution in [3.05, 3.63) is 0 Å². The molecular weight excluding hydrogens is 406 g/mol. The zero-order chi connectivity index (χ0) is 20.8. The number of rotatable bonds is 7. The Morgan fingerprint density at radius 1 is 0.857 bits per heavy atom. The van der Waals surface area contributed by atoms with E-state index < -0.39 is 30.8 Å². The number of hydrogen-bond donors (Lipinski definition) is 2. The van der Waals surface area contributed by atoms with Gasteiger partial charge in [0, 0.05) is 6.04 Å². The first-order chi connectivity index (χ1) is 12.8. The maximum absolute atomic E-state index is 12.5. The number of hydrogen-bond acceptors (Lipinski definition) is 7. The molecule has 2 amide bonds. The molecule has 3 rings (SSSR count). The quantitative estimate of drug-likeness (QED) is 0.516. The number of nitrogens with one attached hydrogen (secondary N) is 2. The molecule has 160 valence electrons. The Morgan fingerprint density at radius 2 is 1.25 bits per heavy atom. The molecule has 0 aromatic heterocycles. The summed E-state index contributed by atoms with van der Waals surface area (Å²) in [5.41, 5.74) is -1.53. The van der Waals surface area contributed by atoms with E-state index in [0.29, 0.717) is 12.8 Å². The highest BCUT2D eigenvalue weighted by molar-refractivity contribution is 7.92. The van der Waals surface area contributed by atoms with Crippen LogP contribution in [0.1, 0.15) is 39.5 Å². The highest BCUT2D eigenvalue weighted by Crippen LogP contribution is 2.28. The summed E-state index contributed by atoms with van der Waals surface area (Å²) in [6, 6.07) is 0.150. The van der Waals surface area contributed by atoms with Crippen LogP contribution in [-0.4, -0.2) is 86.8 Å². The molecule has 0 aromatic rings. The number of carbonyl (C=O) groups excluding carboxylic acids is 2. The highest BCUT2D eigenvalue weighted by Gasteiger charge is 2.42. The third-order valence-electron chi connectivity index (χ3n) is 5.65. The summed E-state index contributed by atoms with van der Waals surface area (Å²) in [7, 11) is -6.24. The third-order valence-corrected chi connectivity index (χ3v) is 9.45. The summed E-state index contributed by atoms with van der Waals surface area (Å²) in [5.74, 6) is -0.590. The van der Waals surface area contributed by atoms with E-state index >= 15 is 0 Å². The predicted octanol–water partition coefficient (Wildman–Crippen LogP) is -1.16. The largest absolute Gasteiger partial charge is 0.349 e. The average Bonchev–Trinajstić information content (AvgIpc) is 3.25. The van der Waals surface area contributed by atoms with Crippen molar-refractivity contribution in [1.29, 1.82) is 0 Å². The molecule has 3 aliphatic rings. The van der Waals surface area contributed by atoms with Gasteiger partial charge in [-0.25, -0.2) is 16.8 Å². The first-order valence-electron chi connectivity index (χ1n) is 9.56. The fourth-order valence-corrected chi connectivity index (χ4v) is 8.28. The van der Waals surface area contributed by atoms with E-state index in [0.717, 1.165) is 12.8 Å². The standard InChI is InChI=1S/C17H29N3O6S2/c1-16(5-7-27(23,24)11-16)18-14(21)9-20(13-3-4-13)10-15(22)19-17(2)6-8-28(25,26)12-17/h13H,3-12H2,1-2H3,(H,18,21)(H,19,22). The summed E-state index contributed by atoms with van der Waals surface area (Å²) in [5, 5.41) is 5.64. The van der Waals surface area contributed by atoms with Gasteiger partial charge in [-0.15, -0.1) is 0 Å². The smallest absolute Gasteiger partial charge is 0.234 e. The van der Waals surface area contributed by atoms with E-state index in [1.165, 1.54) is 0 Å². The van der Waals surface area contributed by atoms with E-state index in [1.54, 1.807) is 18.7 Å². The van der Waals surface area contributed by atoms with Crippen LogP contribution in [0.3, 0.4) is 0 Å². The molecule has 3 fully saturated rings. The molecule has 0 bridgehead atoms. The summed E-state index contributed by atoms with van der Waals surface area (Å²) in [6.07, 6.45) is 2.57. The maximum atomic E-state index is 12.5. The van der Waals surface area contributed by atoms with Crippen LogP contribution < -0.4 is 10.6 Å². The summed E-state index contributed by atoms with van der Waals surface area (Å²) < 4.78 is 46.8. The van der Waals surface area contributed by atoms with Crippen molar-refractivity contribution in [2.45, 2.75) is 56.7 Å². The molecule has 2 atom stereocenters. The maximum Gasteiger partial charge on any atom is 0.234 e. The van der Waals surface area contributed by atoms with Gasteiger partial charge in [0.1, 0.15) is 0 Å². The molecule has 0 aromatic carbocycles. The zero-order valence-electron chi connectivity index (χ0n) is 16.4. The topological polar surface area (TPSA) is 130 Å². The van der Waals surface area contributed by atoms with Crippen molar-refractivity contribution in [2.75, 3.05) is 36.1 Å². The van der Waals surface area contributed by atoms with E-state index in [-0.39, 0.29) is 54.0 Å². The van der Waals surface area contributed by atoms with Gasteiger partial charge in [-0.3, -0.25) is 14.5 Å². The molecule has 1 saturated carbocycles. The Bertz CT molecular complexity index is 801. The molecular formula is C17H29N3O6S2. The van der Waals surface area contributed by atoms with Crippen LogP contribution in [-0.2, 0) is 29.3 Å². The molecule has 11 heteroatoms. The first-order valence-corrected chi connectivity index (χ1v) is 13.2. The molecule has 2 aliphatic heterocycles. The van der Waals surface area contributed by atoms with Gasteiger partial charge in [0.2, 0.25) is 11.8 Å². The van der Waals surface area contributed by atoms with E-state index in [1.807, 2.05) is 0 Å². The average molecular weight is 436 g/mol. The van der Waals surface area contributed by atoms with Crippen molar-refractivity contribution in [1.82, 2.24) is 15.5 Å². The van der Waals surface area contributed by atoms with Crippen molar-refractivity contribution in [2.24, 2.45) is 0 Å². The molecule has 2 N–H and O–H groups in total. The van der Waals surface area contributed by atoms with Crippen molar-refractivity contribution in [3.63, 3.8) is 0 Å². The lowest BCUT2D eigenvalue weighted by molar-refractivity contribution is -0.126. The fourth-order valence-electron chi connectivity index (χ4n) is 4.09. The molecule has 2 unspecified atom stereocenters. The third kappa shape index (κ3) is 5.66. The number of amides is 2. The zero-order valence-corrected chi connectivity index (χ0v) is 18.0. The Labute approximate surface area is 166 Å². The Hall–Kier alpha value is -1.20. The van der Waals surface area contributed by atoms with Gasteiger partial charge in [-0.05, 0) is 39.5 Å². The highest BCUT2D eigenvalue weighted by atomic mass is 32.2. The van der Waals surface area contributed by atoms with Crippen LogP contribution in [0.25, 0.3) is 0 Å². The molecule has 1 aliphatic carbocycles. The van der Waals surface area contributed by atoms with Crippen molar-refractivity contribution < 1.29 is 26.4 Å². The number of carbonyl (C=O) groups is 2. The van der Waals surface area contributed by atoms with Gasteiger partial charge in [-0.1, -0.05) is 0 Å². The van der Waals surface area contributed by atoms with E-state index in [4.69, 9.17) is 0 Å². The minimum Gasteiger partial charge on any atom is -0.349 e.